The number of rotatable bonds is 4. The van der Waals surface area contributed by atoms with Gasteiger partial charge in [0.2, 0.25) is 0 Å². The topological polar surface area (TPSA) is 60.2 Å². The van der Waals surface area contributed by atoms with Crippen LogP contribution in [0.25, 0.3) is 0 Å². The van der Waals surface area contributed by atoms with Crippen LogP contribution in [0.4, 0.5) is 11.5 Å². The summed E-state index contributed by atoms with van der Waals surface area (Å²) in [5.74, 6) is 1.39. The monoisotopic (exact) mass is 229 g/mol. The van der Waals surface area contributed by atoms with E-state index in [1.807, 2.05) is 36.4 Å². The minimum absolute atomic E-state index is 0.541. The van der Waals surface area contributed by atoms with Crippen molar-refractivity contribution in [1.82, 2.24) is 4.98 Å². The SMILES string of the molecule is COc1ccc(NCc2cccc(N)n2)cc1. The summed E-state index contributed by atoms with van der Waals surface area (Å²) in [6.45, 7) is 0.650. The molecule has 4 nitrogen and oxygen atoms in total. The van der Waals surface area contributed by atoms with Crippen molar-refractivity contribution in [2.45, 2.75) is 6.54 Å². The predicted octanol–water partition coefficient (Wildman–Crippen LogP) is 2.28. The molecule has 0 spiro atoms. The van der Waals surface area contributed by atoms with Gasteiger partial charge in [-0.15, -0.1) is 0 Å². The lowest BCUT2D eigenvalue weighted by Crippen LogP contribution is -2.02. The molecule has 0 atom stereocenters. The molecule has 0 aliphatic rings. The quantitative estimate of drug-likeness (QED) is 0.844. The summed E-state index contributed by atoms with van der Waals surface area (Å²) in [7, 11) is 1.65. The zero-order chi connectivity index (χ0) is 12.1. The van der Waals surface area contributed by atoms with Crippen LogP contribution >= 0.6 is 0 Å². The molecule has 0 amide bonds. The fraction of sp³-hybridized carbons (Fsp3) is 0.154. The third kappa shape index (κ3) is 3.11. The summed E-state index contributed by atoms with van der Waals surface area (Å²) in [6, 6.07) is 13.4. The number of pyridine rings is 1. The highest BCUT2D eigenvalue weighted by molar-refractivity contribution is 5.46. The van der Waals surface area contributed by atoms with Crippen LogP contribution in [0.15, 0.2) is 42.5 Å². The van der Waals surface area contributed by atoms with E-state index in [2.05, 4.69) is 10.3 Å². The Bertz CT molecular complexity index is 482. The molecule has 1 aromatic heterocycles. The van der Waals surface area contributed by atoms with Crippen molar-refractivity contribution in [2.24, 2.45) is 0 Å². The molecule has 0 aliphatic heterocycles. The first-order valence-electron chi connectivity index (χ1n) is 5.37. The van der Waals surface area contributed by atoms with Crippen LogP contribution in [0.1, 0.15) is 5.69 Å². The first-order chi connectivity index (χ1) is 8.28. The van der Waals surface area contributed by atoms with E-state index in [4.69, 9.17) is 10.5 Å². The summed E-state index contributed by atoms with van der Waals surface area (Å²) in [5.41, 5.74) is 7.55. The number of nitrogens with two attached hydrogens (primary N) is 1. The van der Waals surface area contributed by atoms with E-state index in [-0.39, 0.29) is 0 Å². The zero-order valence-corrected chi connectivity index (χ0v) is 9.68. The number of ether oxygens (including phenoxy) is 1. The second-order valence-electron chi connectivity index (χ2n) is 3.64. The molecule has 1 heterocycles. The van der Waals surface area contributed by atoms with E-state index < -0.39 is 0 Å². The molecule has 2 aromatic rings. The molecule has 1 aromatic carbocycles. The van der Waals surface area contributed by atoms with Gasteiger partial charge in [0.15, 0.2) is 0 Å². The van der Waals surface area contributed by atoms with Crippen molar-refractivity contribution < 1.29 is 4.74 Å². The van der Waals surface area contributed by atoms with Crippen LogP contribution in [-0.4, -0.2) is 12.1 Å². The lowest BCUT2D eigenvalue weighted by molar-refractivity contribution is 0.415. The molecule has 0 fully saturated rings. The van der Waals surface area contributed by atoms with Gasteiger partial charge in [-0.3, -0.25) is 0 Å². The van der Waals surface area contributed by atoms with Gasteiger partial charge < -0.3 is 15.8 Å². The number of hydrogen-bond acceptors (Lipinski definition) is 4. The van der Waals surface area contributed by atoms with Crippen molar-refractivity contribution in [3.63, 3.8) is 0 Å². The van der Waals surface area contributed by atoms with Crippen molar-refractivity contribution >= 4 is 11.5 Å². The average Bonchev–Trinajstić information content (AvgIpc) is 2.37. The Morgan fingerprint density at radius 1 is 1.18 bits per heavy atom. The number of nitrogen functional groups attached to an aromatic ring is 1. The number of anilines is 2. The summed E-state index contributed by atoms with van der Waals surface area (Å²) < 4.78 is 5.09. The predicted molar refractivity (Wildman–Crippen MR) is 69.0 cm³/mol. The molecule has 2 rings (SSSR count). The summed E-state index contributed by atoms with van der Waals surface area (Å²) in [6.07, 6.45) is 0. The molecule has 0 saturated carbocycles. The number of nitrogens with zero attached hydrogens (tertiary/aromatic N) is 1. The maximum atomic E-state index is 5.61. The van der Waals surface area contributed by atoms with Gasteiger partial charge >= 0.3 is 0 Å². The zero-order valence-electron chi connectivity index (χ0n) is 9.68. The Balaban J connectivity index is 1.97. The van der Waals surface area contributed by atoms with E-state index in [1.54, 1.807) is 13.2 Å². The minimum atomic E-state index is 0.541. The number of nitrogens with one attached hydrogen (secondary N) is 1. The van der Waals surface area contributed by atoms with Gasteiger partial charge in [0, 0.05) is 5.69 Å². The smallest absolute Gasteiger partial charge is 0.123 e. The van der Waals surface area contributed by atoms with Gasteiger partial charge in [-0.2, -0.15) is 0 Å². The maximum absolute atomic E-state index is 5.61. The van der Waals surface area contributed by atoms with Gasteiger partial charge in [0.25, 0.3) is 0 Å². The van der Waals surface area contributed by atoms with E-state index in [1.165, 1.54) is 0 Å². The molecular weight excluding hydrogens is 214 g/mol. The van der Waals surface area contributed by atoms with Gasteiger partial charge in [0.05, 0.1) is 19.3 Å². The van der Waals surface area contributed by atoms with Crippen LogP contribution in [0.5, 0.6) is 5.75 Å². The van der Waals surface area contributed by atoms with E-state index in [0.29, 0.717) is 12.4 Å². The fourth-order valence-corrected chi connectivity index (χ4v) is 1.50. The number of benzene rings is 1. The second kappa shape index (κ2) is 5.21. The Morgan fingerprint density at radius 3 is 2.59 bits per heavy atom. The standard InChI is InChI=1S/C13H15N3O/c1-17-12-7-5-10(6-8-12)15-9-11-3-2-4-13(14)16-11/h2-8,15H,9H2,1H3,(H2,14,16). The summed E-state index contributed by atoms with van der Waals surface area (Å²) in [4.78, 5) is 4.21. The van der Waals surface area contributed by atoms with E-state index in [0.717, 1.165) is 17.1 Å². The first kappa shape index (κ1) is 11.3. The highest BCUT2D eigenvalue weighted by Crippen LogP contribution is 2.15. The first-order valence-corrected chi connectivity index (χ1v) is 5.37. The van der Waals surface area contributed by atoms with E-state index >= 15 is 0 Å². The van der Waals surface area contributed by atoms with Gasteiger partial charge in [0.1, 0.15) is 11.6 Å². The van der Waals surface area contributed by atoms with Crippen molar-refractivity contribution in [3.8, 4) is 5.75 Å². The number of hydrogen-bond donors (Lipinski definition) is 2. The largest absolute Gasteiger partial charge is 0.497 e. The van der Waals surface area contributed by atoms with Crippen molar-refractivity contribution in [2.75, 3.05) is 18.2 Å². The van der Waals surface area contributed by atoms with Gasteiger partial charge in [-0.25, -0.2) is 4.98 Å². The van der Waals surface area contributed by atoms with Crippen molar-refractivity contribution in [1.29, 1.82) is 0 Å². The fourth-order valence-electron chi connectivity index (χ4n) is 1.50. The summed E-state index contributed by atoms with van der Waals surface area (Å²) in [5, 5.41) is 3.27. The summed E-state index contributed by atoms with van der Waals surface area (Å²) >= 11 is 0. The molecule has 4 heteroatoms. The Morgan fingerprint density at radius 2 is 1.94 bits per heavy atom. The normalized spacial score (nSPS) is 9.94. The van der Waals surface area contributed by atoms with Crippen LogP contribution in [0, 0.1) is 0 Å². The lowest BCUT2D eigenvalue weighted by Gasteiger charge is -2.07. The van der Waals surface area contributed by atoms with Gasteiger partial charge in [-0.05, 0) is 36.4 Å². The van der Waals surface area contributed by atoms with Crippen LogP contribution in [0.3, 0.4) is 0 Å². The maximum Gasteiger partial charge on any atom is 0.123 e. The Hall–Kier alpha value is -2.23. The molecule has 3 N–H and O–H groups in total. The lowest BCUT2D eigenvalue weighted by atomic mass is 10.3. The highest BCUT2D eigenvalue weighted by Gasteiger charge is 1.96. The Kier molecular flexibility index (Phi) is 3.45. The highest BCUT2D eigenvalue weighted by atomic mass is 16.5. The number of methoxy groups -OCH3 is 1. The average molecular weight is 229 g/mol. The van der Waals surface area contributed by atoms with Crippen LogP contribution in [0.2, 0.25) is 0 Å². The van der Waals surface area contributed by atoms with Crippen LogP contribution < -0.4 is 15.8 Å². The second-order valence-corrected chi connectivity index (χ2v) is 3.64. The molecule has 0 bridgehead atoms. The third-order valence-electron chi connectivity index (χ3n) is 2.39. The molecule has 17 heavy (non-hydrogen) atoms. The molecule has 0 radical (unpaired) electrons. The molecule has 0 unspecified atom stereocenters. The Labute approximate surface area is 100 Å². The minimum Gasteiger partial charge on any atom is -0.497 e. The third-order valence-corrected chi connectivity index (χ3v) is 2.39. The molecular formula is C13H15N3O. The number of aromatic nitrogens is 1. The molecule has 0 saturated heterocycles. The molecule has 0 aliphatic carbocycles. The van der Waals surface area contributed by atoms with E-state index in [9.17, 15) is 0 Å². The van der Waals surface area contributed by atoms with Crippen LogP contribution in [-0.2, 0) is 6.54 Å². The van der Waals surface area contributed by atoms with Crippen molar-refractivity contribution in [3.05, 3.63) is 48.2 Å². The molecule has 88 valence electrons. The van der Waals surface area contributed by atoms with Gasteiger partial charge in [-0.1, -0.05) is 6.07 Å².